The number of nitrogens with one attached hydrogen (secondary N) is 1. The number of hydrogen-bond acceptors (Lipinski definition) is 5. The molecule has 1 fully saturated rings. The number of hydrogen-bond donors (Lipinski definition) is 3. The Balaban J connectivity index is 2.35. The maximum atomic E-state index is 11.7. The molecule has 4 N–H and O–H groups in total. The van der Waals surface area contributed by atoms with E-state index in [1.54, 1.807) is 0 Å². The van der Waals surface area contributed by atoms with Crippen molar-refractivity contribution in [2.75, 3.05) is 6.54 Å². The third-order valence-electron chi connectivity index (χ3n) is 3.17. The molecule has 100 valence electrons. The second kappa shape index (κ2) is 5.05. The zero-order chi connectivity index (χ0) is 13.3. The molecule has 18 heavy (non-hydrogen) atoms. The van der Waals surface area contributed by atoms with Crippen molar-refractivity contribution in [3.8, 4) is 0 Å². The van der Waals surface area contributed by atoms with Gasteiger partial charge in [-0.05, 0) is 6.42 Å². The third-order valence-corrected chi connectivity index (χ3v) is 3.17. The van der Waals surface area contributed by atoms with Gasteiger partial charge in [-0.2, -0.15) is 0 Å². The molecule has 1 aromatic rings. The molecule has 1 aromatic heterocycles. The van der Waals surface area contributed by atoms with Crippen LogP contribution in [0.15, 0.2) is 15.8 Å². The van der Waals surface area contributed by atoms with Crippen molar-refractivity contribution in [3.63, 3.8) is 0 Å². The number of aliphatic hydroxyl groups is 1. The molecule has 0 spiro atoms. The molecule has 0 saturated carbocycles. The van der Waals surface area contributed by atoms with Gasteiger partial charge in [0.2, 0.25) is 0 Å². The Bertz CT molecular complexity index is 536. The van der Waals surface area contributed by atoms with Gasteiger partial charge in [-0.25, -0.2) is 4.79 Å². The maximum absolute atomic E-state index is 11.7. The quantitative estimate of drug-likeness (QED) is 0.622. The van der Waals surface area contributed by atoms with E-state index in [0.717, 1.165) is 0 Å². The summed E-state index contributed by atoms with van der Waals surface area (Å²) in [6.45, 7) is 2.02. The number of aromatic nitrogens is 2. The molecule has 1 saturated heterocycles. The van der Waals surface area contributed by atoms with Crippen LogP contribution in [0.1, 0.15) is 25.1 Å². The average Bonchev–Trinajstić information content (AvgIpc) is 2.70. The van der Waals surface area contributed by atoms with Crippen LogP contribution in [0.4, 0.5) is 0 Å². The molecule has 3 unspecified atom stereocenters. The van der Waals surface area contributed by atoms with Crippen molar-refractivity contribution in [2.45, 2.75) is 38.2 Å². The van der Waals surface area contributed by atoms with Crippen molar-refractivity contribution in [3.05, 3.63) is 32.6 Å². The summed E-state index contributed by atoms with van der Waals surface area (Å²) in [5.74, 6) is 0. The fourth-order valence-corrected chi connectivity index (χ4v) is 2.09. The van der Waals surface area contributed by atoms with E-state index in [9.17, 15) is 14.7 Å². The summed E-state index contributed by atoms with van der Waals surface area (Å²) in [7, 11) is 0. The van der Waals surface area contributed by atoms with E-state index in [0.29, 0.717) is 12.0 Å². The van der Waals surface area contributed by atoms with Crippen LogP contribution in [0.5, 0.6) is 0 Å². The molecule has 3 atom stereocenters. The molecule has 7 heteroatoms. The number of ether oxygens (including phenoxy) is 1. The number of rotatable bonds is 3. The van der Waals surface area contributed by atoms with E-state index in [4.69, 9.17) is 10.5 Å². The highest BCUT2D eigenvalue weighted by atomic mass is 16.5. The third kappa shape index (κ3) is 2.24. The van der Waals surface area contributed by atoms with Crippen LogP contribution in [0.2, 0.25) is 0 Å². The summed E-state index contributed by atoms with van der Waals surface area (Å²) in [6.07, 6.45) is 0.547. The SMILES string of the molecule is CCc1cn(C2CC(O)C(CN)O2)c(=O)[nH]c1=O. The largest absolute Gasteiger partial charge is 0.390 e. The first-order chi connectivity index (χ1) is 8.56. The Morgan fingerprint density at radius 3 is 2.89 bits per heavy atom. The van der Waals surface area contributed by atoms with Gasteiger partial charge in [-0.15, -0.1) is 0 Å². The fourth-order valence-electron chi connectivity index (χ4n) is 2.09. The minimum absolute atomic E-state index is 0.191. The highest BCUT2D eigenvalue weighted by molar-refractivity contribution is 5.04. The smallest absolute Gasteiger partial charge is 0.330 e. The van der Waals surface area contributed by atoms with Crippen LogP contribution in [0, 0.1) is 0 Å². The molecule has 0 aliphatic carbocycles. The first kappa shape index (κ1) is 13.0. The zero-order valence-electron chi connectivity index (χ0n) is 10.1. The molecule has 0 amide bonds. The van der Waals surface area contributed by atoms with Gasteiger partial charge in [-0.1, -0.05) is 6.92 Å². The van der Waals surface area contributed by atoms with Crippen LogP contribution < -0.4 is 17.0 Å². The van der Waals surface area contributed by atoms with Crippen LogP contribution >= 0.6 is 0 Å². The van der Waals surface area contributed by atoms with Crippen molar-refractivity contribution < 1.29 is 9.84 Å². The standard InChI is InChI=1S/C11H17N3O4/c1-2-6-5-14(11(17)13-10(6)16)9-3-7(15)8(4-12)18-9/h5,7-9,15H,2-4,12H2,1H3,(H,13,16,17). The first-order valence-electron chi connectivity index (χ1n) is 5.94. The number of H-pyrrole nitrogens is 1. The number of aliphatic hydroxyl groups excluding tert-OH is 1. The van der Waals surface area contributed by atoms with Gasteiger partial charge in [0.25, 0.3) is 5.56 Å². The fraction of sp³-hybridized carbons (Fsp3) is 0.636. The molecule has 1 aliphatic heterocycles. The van der Waals surface area contributed by atoms with Gasteiger partial charge in [0.15, 0.2) is 0 Å². The van der Waals surface area contributed by atoms with E-state index in [1.165, 1.54) is 10.8 Å². The molecule has 0 aromatic carbocycles. The van der Waals surface area contributed by atoms with Gasteiger partial charge in [-0.3, -0.25) is 14.3 Å². The van der Waals surface area contributed by atoms with E-state index < -0.39 is 24.1 Å². The summed E-state index contributed by atoms with van der Waals surface area (Å²) in [4.78, 5) is 25.4. The summed E-state index contributed by atoms with van der Waals surface area (Å²) in [5.41, 5.74) is 5.04. The lowest BCUT2D eigenvalue weighted by Crippen LogP contribution is -2.34. The van der Waals surface area contributed by atoms with Crippen molar-refractivity contribution in [2.24, 2.45) is 5.73 Å². The van der Waals surface area contributed by atoms with Gasteiger partial charge < -0.3 is 15.6 Å². The second-order valence-corrected chi connectivity index (χ2v) is 4.34. The summed E-state index contributed by atoms with van der Waals surface area (Å²) < 4.78 is 6.80. The van der Waals surface area contributed by atoms with E-state index in [-0.39, 0.29) is 18.5 Å². The summed E-state index contributed by atoms with van der Waals surface area (Å²) >= 11 is 0. The first-order valence-corrected chi connectivity index (χ1v) is 5.94. The Labute approximate surface area is 103 Å². The summed E-state index contributed by atoms with van der Waals surface area (Å²) in [6, 6.07) is 0. The molecule has 0 bridgehead atoms. The summed E-state index contributed by atoms with van der Waals surface area (Å²) in [5, 5.41) is 9.70. The van der Waals surface area contributed by atoms with Gasteiger partial charge in [0.1, 0.15) is 6.23 Å². The highest BCUT2D eigenvalue weighted by Crippen LogP contribution is 2.26. The molecule has 7 nitrogen and oxygen atoms in total. The normalized spacial score (nSPS) is 27.6. The van der Waals surface area contributed by atoms with E-state index >= 15 is 0 Å². The van der Waals surface area contributed by atoms with Gasteiger partial charge in [0.05, 0.1) is 12.2 Å². The predicted octanol–water partition coefficient (Wildman–Crippen LogP) is -1.29. The minimum atomic E-state index is -0.691. The van der Waals surface area contributed by atoms with Gasteiger partial charge >= 0.3 is 5.69 Å². The molecule has 2 rings (SSSR count). The van der Waals surface area contributed by atoms with Crippen molar-refractivity contribution >= 4 is 0 Å². The lowest BCUT2D eigenvalue weighted by atomic mass is 10.2. The van der Waals surface area contributed by atoms with Crippen LogP contribution in [-0.4, -0.2) is 33.4 Å². The number of nitrogens with zero attached hydrogens (tertiary/aromatic N) is 1. The molecular weight excluding hydrogens is 238 g/mol. The van der Waals surface area contributed by atoms with Crippen molar-refractivity contribution in [1.82, 2.24) is 9.55 Å². The van der Waals surface area contributed by atoms with Crippen LogP contribution in [0.3, 0.4) is 0 Å². The Morgan fingerprint density at radius 1 is 1.61 bits per heavy atom. The number of aromatic amines is 1. The molecular formula is C11H17N3O4. The monoisotopic (exact) mass is 255 g/mol. The molecule has 2 heterocycles. The van der Waals surface area contributed by atoms with Crippen LogP contribution in [0.25, 0.3) is 0 Å². The molecule has 0 radical (unpaired) electrons. The second-order valence-electron chi connectivity index (χ2n) is 4.34. The Morgan fingerprint density at radius 2 is 2.33 bits per heavy atom. The number of aryl methyl sites for hydroxylation is 1. The highest BCUT2D eigenvalue weighted by Gasteiger charge is 2.34. The van der Waals surface area contributed by atoms with E-state index in [1.807, 2.05) is 6.92 Å². The molecule has 1 aliphatic rings. The lowest BCUT2D eigenvalue weighted by molar-refractivity contribution is -0.0152. The Hall–Kier alpha value is -1.44. The van der Waals surface area contributed by atoms with E-state index in [2.05, 4.69) is 4.98 Å². The topological polar surface area (TPSA) is 110 Å². The maximum Gasteiger partial charge on any atom is 0.330 e. The zero-order valence-corrected chi connectivity index (χ0v) is 10.1. The average molecular weight is 255 g/mol. The minimum Gasteiger partial charge on any atom is -0.390 e. The number of nitrogens with two attached hydrogens (primary N) is 1. The van der Waals surface area contributed by atoms with Gasteiger partial charge in [0, 0.05) is 24.7 Å². The van der Waals surface area contributed by atoms with Crippen LogP contribution in [-0.2, 0) is 11.2 Å². The Kier molecular flexibility index (Phi) is 3.65. The predicted molar refractivity (Wildman–Crippen MR) is 64.3 cm³/mol. The van der Waals surface area contributed by atoms with Crippen molar-refractivity contribution in [1.29, 1.82) is 0 Å². The lowest BCUT2D eigenvalue weighted by Gasteiger charge is -2.15.